The number of nitrogens with two attached hydrogens (primary N) is 1. The topological polar surface area (TPSA) is 35.2 Å². The summed E-state index contributed by atoms with van der Waals surface area (Å²) in [5, 5.41) is 0. The molecule has 2 aromatic carbocycles. The van der Waals surface area contributed by atoms with Crippen LogP contribution >= 0.6 is 0 Å². The molecule has 1 aliphatic heterocycles. The molecule has 3 rings (SSSR count). The van der Waals surface area contributed by atoms with E-state index in [0.717, 1.165) is 37.2 Å². The van der Waals surface area contributed by atoms with E-state index >= 15 is 0 Å². The van der Waals surface area contributed by atoms with Crippen molar-refractivity contribution in [2.75, 3.05) is 6.61 Å². The molecule has 21 heavy (non-hydrogen) atoms. The van der Waals surface area contributed by atoms with Crippen molar-refractivity contribution in [3.63, 3.8) is 0 Å². The molecule has 2 nitrogen and oxygen atoms in total. The fraction of sp³-hybridized carbons (Fsp3) is 0.368. The smallest absolute Gasteiger partial charge is 0.127 e. The minimum Gasteiger partial charge on any atom is -0.493 e. The van der Waals surface area contributed by atoms with Crippen LogP contribution in [0.3, 0.4) is 0 Å². The van der Waals surface area contributed by atoms with E-state index in [0.29, 0.717) is 5.92 Å². The van der Waals surface area contributed by atoms with Gasteiger partial charge in [-0.15, -0.1) is 0 Å². The van der Waals surface area contributed by atoms with Crippen LogP contribution in [0.25, 0.3) is 0 Å². The highest BCUT2D eigenvalue weighted by molar-refractivity contribution is 5.45. The number of para-hydroxylation sites is 1. The van der Waals surface area contributed by atoms with Gasteiger partial charge in [-0.3, -0.25) is 0 Å². The standard InChI is InChI=1S/C19H23NO/c1-2-16(14-8-4-3-5-9-14)18(20)17-12-6-10-15-11-7-13-21-19(15)17/h3-6,8-10,12,16,18H,2,7,11,13,20H2,1H3. The van der Waals surface area contributed by atoms with E-state index in [1.807, 2.05) is 0 Å². The maximum absolute atomic E-state index is 6.63. The number of hydrogen-bond donors (Lipinski definition) is 1. The van der Waals surface area contributed by atoms with Crippen molar-refractivity contribution in [1.29, 1.82) is 0 Å². The Bertz CT molecular complexity index is 594. The van der Waals surface area contributed by atoms with Gasteiger partial charge >= 0.3 is 0 Å². The van der Waals surface area contributed by atoms with Gasteiger partial charge in [0.2, 0.25) is 0 Å². The van der Waals surface area contributed by atoms with Gasteiger partial charge in [0.1, 0.15) is 5.75 Å². The molecule has 0 radical (unpaired) electrons. The number of rotatable bonds is 4. The van der Waals surface area contributed by atoms with Crippen LogP contribution in [0.5, 0.6) is 5.75 Å². The van der Waals surface area contributed by atoms with Crippen LogP contribution in [0.15, 0.2) is 48.5 Å². The zero-order chi connectivity index (χ0) is 14.7. The minimum absolute atomic E-state index is 0.0227. The molecule has 1 aliphatic rings. The van der Waals surface area contributed by atoms with Crippen LogP contribution in [0, 0.1) is 0 Å². The summed E-state index contributed by atoms with van der Waals surface area (Å²) >= 11 is 0. The summed E-state index contributed by atoms with van der Waals surface area (Å²) in [6.45, 7) is 3.01. The van der Waals surface area contributed by atoms with E-state index in [-0.39, 0.29) is 6.04 Å². The lowest BCUT2D eigenvalue weighted by Crippen LogP contribution is -2.22. The van der Waals surface area contributed by atoms with E-state index < -0.39 is 0 Å². The van der Waals surface area contributed by atoms with E-state index in [4.69, 9.17) is 10.5 Å². The van der Waals surface area contributed by atoms with Gasteiger partial charge in [0, 0.05) is 17.5 Å². The van der Waals surface area contributed by atoms with E-state index in [9.17, 15) is 0 Å². The molecule has 2 unspecified atom stereocenters. The van der Waals surface area contributed by atoms with Gasteiger partial charge in [-0.25, -0.2) is 0 Å². The fourth-order valence-corrected chi connectivity index (χ4v) is 3.29. The Kier molecular flexibility index (Phi) is 4.26. The Balaban J connectivity index is 1.96. The molecule has 110 valence electrons. The molecule has 2 aromatic rings. The summed E-state index contributed by atoms with van der Waals surface area (Å²) in [6, 6.07) is 16.9. The highest BCUT2D eigenvalue weighted by atomic mass is 16.5. The lowest BCUT2D eigenvalue weighted by atomic mass is 9.84. The maximum Gasteiger partial charge on any atom is 0.127 e. The first-order valence-corrected chi connectivity index (χ1v) is 7.86. The van der Waals surface area contributed by atoms with Crippen molar-refractivity contribution in [1.82, 2.24) is 0 Å². The van der Waals surface area contributed by atoms with Gasteiger partial charge in [0.25, 0.3) is 0 Å². The van der Waals surface area contributed by atoms with Crippen molar-refractivity contribution >= 4 is 0 Å². The molecule has 2 heteroatoms. The molecule has 2 atom stereocenters. The molecular formula is C19H23NO. The van der Waals surface area contributed by atoms with Crippen molar-refractivity contribution in [2.24, 2.45) is 5.73 Å². The maximum atomic E-state index is 6.63. The largest absolute Gasteiger partial charge is 0.493 e. The lowest BCUT2D eigenvalue weighted by molar-refractivity contribution is 0.282. The quantitative estimate of drug-likeness (QED) is 0.911. The summed E-state index contributed by atoms with van der Waals surface area (Å²) in [7, 11) is 0. The SMILES string of the molecule is CCC(c1ccccc1)C(N)c1cccc2c1OCCC2. The van der Waals surface area contributed by atoms with Crippen LogP contribution in [0.4, 0.5) is 0 Å². The van der Waals surface area contributed by atoms with Crippen molar-refractivity contribution in [3.8, 4) is 5.75 Å². The second kappa shape index (κ2) is 6.31. The number of ether oxygens (including phenoxy) is 1. The summed E-state index contributed by atoms with van der Waals surface area (Å²) in [6.07, 6.45) is 3.22. The van der Waals surface area contributed by atoms with Crippen LogP contribution < -0.4 is 10.5 Å². The molecule has 0 bridgehead atoms. The van der Waals surface area contributed by atoms with E-state index in [2.05, 4.69) is 55.5 Å². The Morgan fingerprint density at radius 3 is 2.67 bits per heavy atom. The third-order valence-corrected chi connectivity index (χ3v) is 4.42. The summed E-state index contributed by atoms with van der Waals surface area (Å²) in [5.41, 5.74) is 10.4. The van der Waals surface area contributed by atoms with Crippen LogP contribution in [0.1, 0.15) is 48.4 Å². The van der Waals surface area contributed by atoms with E-state index in [1.165, 1.54) is 11.1 Å². The molecule has 2 N–H and O–H groups in total. The highest BCUT2D eigenvalue weighted by Gasteiger charge is 2.25. The highest BCUT2D eigenvalue weighted by Crippen LogP contribution is 2.39. The average molecular weight is 281 g/mol. The number of benzene rings is 2. The van der Waals surface area contributed by atoms with Gasteiger partial charge in [0.15, 0.2) is 0 Å². The predicted molar refractivity (Wildman–Crippen MR) is 86.7 cm³/mol. The summed E-state index contributed by atoms with van der Waals surface area (Å²) < 4.78 is 5.93. The van der Waals surface area contributed by atoms with Gasteiger partial charge in [-0.2, -0.15) is 0 Å². The summed E-state index contributed by atoms with van der Waals surface area (Å²) in [4.78, 5) is 0. The minimum atomic E-state index is -0.0227. The molecule has 0 aromatic heterocycles. The fourth-order valence-electron chi connectivity index (χ4n) is 3.29. The Hall–Kier alpha value is -1.80. The zero-order valence-corrected chi connectivity index (χ0v) is 12.6. The number of hydrogen-bond acceptors (Lipinski definition) is 2. The monoisotopic (exact) mass is 281 g/mol. The first kappa shape index (κ1) is 14.2. The molecule has 0 saturated carbocycles. The van der Waals surface area contributed by atoms with Gasteiger partial charge in [0.05, 0.1) is 6.61 Å². The van der Waals surface area contributed by atoms with E-state index in [1.54, 1.807) is 0 Å². The summed E-state index contributed by atoms with van der Waals surface area (Å²) in [5.74, 6) is 1.36. The molecule has 0 spiro atoms. The van der Waals surface area contributed by atoms with Crippen molar-refractivity contribution in [2.45, 2.75) is 38.1 Å². The van der Waals surface area contributed by atoms with Crippen LogP contribution in [-0.2, 0) is 6.42 Å². The zero-order valence-electron chi connectivity index (χ0n) is 12.6. The number of fused-ring (bicyclic) bond motifs is 1. The predicted octanol–water partition coefficient (Wildman–Crippen LogP) is 4.21. The van der Waals surface area contributed by atoms with Crippen LogP contribution in [0.2, 0.25) is 0 Å². The second-order valence-electron chi connectivity index (χ2n) is 5.74. The van der Waals surface area contributed by atoms with Crippen molar-refractivity contribution < 1.29 is 4.74 Å². The Labute approximate surface area is 126 Å². The third-order valence-electron chi connectivity index (χ3n) is 4.42. The van der Waals surface area contributed by atoms with Gasteiger partial charge in [-0.1, -0.05) is 55.5 Å². The molecule has 0 fully saturated rings. The average Bonchev–Trinajstić information content (AvgIpc) is 2.56. The Morgan fingerprint density at radius 1 is 1.10 bits per heavy atom. The molecule has 1 heterocycles. The van der Waals surface area contributed by atoms with Gasteiger partial charge in [-0.05, 0) is 30.4 Å². The molecular weight excluding hydrogens is 258 g/mol. The number of aryl methyl sites for hydroxylation is 1. The lowest BCUT2D eigenvalue weighted by Gasteiger charge is -2.28. The van der Waals surface area contributed by atoms with Crippen molar-refractivity contribution in [3.05, 3.63) is 65.2 Å². The van der Waals surface area contributed by atoms with Gasteiger partial charge < -0.3 is 10.5 Å². The van der Waals surface area contributed by atoms with Crippen LogP contribution in [-0.4, -0.2) is 6.61 Å². The first-order valence-electron chi connectivity index (χ1n) is 7.86. The first-order chi connectivity index (χ1) is 10.3. The third kappa shape index (κ3) is 2.81. The molecule has 0 amide bonds. The second-order valence-corrected chi connectivity index (χ2v) is 5.74. The Morgan fingerprint density at radius 2 is 1.90 bits per heavy atom. The normalized spacial score (nSPS) is 16.7. The molecule has 0 aliphatic carbocycles. The molecule has 0 saturated heterocycles.